The summed E-state index contributed by atoms with van der Waals surface area (Å²) in [5.74, 6) is -1.64. The molecule has 0 bridgehead atoms. The number of esters is 3. The molecule has 1 fully saturated rings. The highest BCUT2D eigenvalue weighted by atomic mass is 32.1. The SMILES string of the molecule is CC(=O)OC[C@H]1O[C@@H](c2csc3c(=S)[nH]cnc23)[C@H](OC(C)=O)[C@@H]1OC(C)=O. The number of ether oxygens (including phenoxy) is 4. The number of H-pyrrole nitrogens is 1. The average molecular weight is 426 g/mol. The van der Waals surface area contributed by atoms with Gasteiger partial charge in [0.1, 0.15) is 23.5 Å². The van der Waals surface area contributed by atoms with Gasteiger partial charge < -0.3 is 23.9 Å². The molecule has 0 aromatic carbocycles. The standard InChI is InChI=1S/C17H18N2O7S2/c1-7(20)23-4-11-14(24-8(2)21)15(25-9(3)22)13(26-11)10-5-28-16-12(10)18-6-19-17(16)27/h5-6,11,13-15H,4H2,1-3H3,(H,18,19,27)/t11-,13+,14-,15+/m1/s1. The Balaban J connectivity index is 2.02. The van der Waals surface area contributed by atoms with Crippen molar-refractivity contribution in [3.05, 3.63) is 21.9 Å². The van der Waals surface area contributed by atoms with Crippen LogP contribution in [-0.4, -0.2) is 52.8 Å². The van der Waals surface area contributed by atoms with Crippen molar-refractivity contribution in [2.75, 3.05) is 6.61 Å². The summed E-state index contributed by atoms with van der Waals surface area (Å²) in [6.45, 7) is 3.59. The topological polar surface area (TPSA) is 117 Å². The first-order valence-corrected chi connectivity index (χ1v) is 9.64. The van der Waals surface area contributed by atoms with Crippen LogP contribution in [0.1, 0.15) is 32.4 Å². The van der Waals surface area contributed by atoms with Gasteiger partial charge in [-0.2, -0.15) is 0 Å². The molecule has 2 aromatic rings. The molecule has 2 aromatic heterocycles. The van der Waals surface area contributed by atoms with Gasteiger partial charge in [-0.3, -0.25) is 14.4 Å². The second-order valence-electron chi connectivity index (χ2n) is 6.15. The summed E-state index contributed by atoms with van der Waals surface area (Å²) < 4.78 is 23.1. The molecular weight excluding hydrogens is 408 g/mol. The van der Waals surface area contributed by atoms with Gasteiger partial charge >= 0.3 is 17.9 Å². The third-order valence-electron chi connectivity index (χ3n) is 4.06. The van der Waals surface area contributed by atoms with Gasteiger partial charge in [0.25, 0.3) is 0 Å². The Morgan fingerprint density at radius 2 is 1.86 bits per heavy atom. The lowest BCUT2D eigenvalue weighted by Crippen LogP contribution is -2.40. The number of hydrogen-bond donors (Lipinski definition) is 1. The van der Waals surface area contributed by atoms with Crippen molar-refractivity contribution in [3.63, 3.8) is 0 Å². The van der Waals surface area contributed by atoms with Gasteiger partial charge in [-0.1, -0.05) is 12.2 Å². The maximum Gasteiger partial charge on any atom is 0.303 e. The third-order valence-corrected chi connectivity index (χ3v) is 5.52. The van der Waals surface area contributed by atoms with E-state index in [9.17, 15) is 14.4 Å². The smallest absolute Gasteiger partial charge is 0.303 e. The fraction of sp³-hybridized carbons (Fsp3) is 0.471. The lowest BCUT2D eigenvalue weighted by Gasteiger charge is -2.23. The van der Waals surface area contributed by atoms with Crippen molar-refractivity contribution in [2.45, 2.75) is 45.2 Å². The molecule has 1 N–H and O–H groups in total. The van der Waals surface area contributed by atoms with Gasteiger partial charge in [-0.05, 0) is 5.38 Å². The Bertz CT molecular complexity index is 970. The zero-order valence-electron chi connectivity index (χ0n) is 15.3. The zero-order valence-corrected chi connectivity index (χ0v) is 16.9. The fourth-order valence-electron chi connectivity index (χ4n) is 3.05. The van der Waals surface area contributed by atoms with Gasteiger partial charge in [0.15, 0.2) is 12.2 Å². The lowest BCUT2D eigenvalue weighted by molar-refractivity contribution is -0.165. The van der Waals surface area contributed by atoms with Gasteiger partial charge in [-0.25, -0.2) is 4.98 Å². The summed E-state index contributed by atoms with van der Waals surface area (Å²) in [6.07, 6.45) is -1.99. The van der Waals surface area contributed by atoms with E-state index in [2.05, 4.69) is 9.97 Å². The molecule has 0 radical (unpaired) electrons. The molecule has 3 heterocycles. The number of thiophene rings is 1. The largest absolute Gasteiger partial charge is 0.463 e. The average Bonchev–Trinajstić information content (AvgIpc) is 3.16. The van der Waals surface area contributed by atoms with Crippen LogP contribution in [0.15, 0.2) is 11.7 Å². The van der Waals surface area contributed by atoms with Gasteiger partial charge in [0.05, 0.1) is 16.5 Å². The molecule has 1 aliphatic rings. The molecule has 4 atom stereocenters. The van der Waals surface area contributed by atoms with E-state index in [-0.39, 0.29) is 6.61 Å². The van der Waals surface area contributed by atoms with Gasteiger partial charge in [-0.15, -0.1) is 11.3 Å². The van der Waals surface area contributed by atoms with Crippen molar-refractivity contribution < 1.29 is 33.3 Å². The molecule has 3 rings (SSSR count). The molecule has 28 heavy (non-hydrogen) atoms. The van der Waals surface area contributed by atoms with E-state index in [0.29, 0.717) is 15.7 Å². The van der Waals surface area contributed by atoms with Crippen molar-refractivity contribution in [3.8, 4) is 0 Å². The van der Waals surface area contributed by atoms with E-state index in [1.165, 1.54) is 38.4 Å². The first-order chi connectivity index (χ1) is 13.3. The van der Waals surface area contributed by atoms with Crippen LogP contribution in [0.4, 0.5) is 0 Å². The number of carbonyl (C=O) groups excluding carboxylic acids is 3. The zero-order chi connectivity index (χ0) is 20.4. The first kappa shape index (κ1) is 20.4. The summed E-state index contributed by atoms with van der Waals surface area (Å²) in [7, 11) is 0. The molecular formula is C17H18N2O7S2. The van der Waals surface area contributed by atoms with E-state index < -0.39 is 42.3 Å². The van der Waals surface area contributed by atoms with Crippen LogP contribution >= 0.6 is 23.6 Å². The second kappa shape index (κ2) is 8.33. The molecule has 11 heteroatoms. The van der Waals surface area contributed by atoms with Gasteiger partial charge in [0.2, 0.25) is 0 Å². The van der Waals surface area contributed by atoms with Crippen LogP contribution in [0.2, 0.25) is 0 Å². The molecule has 150 valence electrons. The highest BCUT2D eigenvalue weighted by Crippen LogP contribution is 2.41. The molecule has 1 saturated heterocycles. The fourth-order valence-corrected chi connectivity index (χ4v) is 4.28. The Kier molecular flexibility index (Phi) is 6.06. The first-order valence-electron chi connectivity index (χ1n) is 8.36. The van der Waals surface area contributed by atoms with E-state index in [1.54, 1.807) is 0 Å². The van der Waals surface area contributed by atoms with Crippen molar-refractivity contribution in [2.24, 2.45) is 0 Å². The minimum absolute atomic E-state index is 0.156. The molecule has 0 unspecified atom stereocenters. The minimum Gasteiger partial charge on any atom is -0.463 e. The predicted molar refractivity (Wildman–Crippen MR) is 100 cm³/mol. The van der Waals surface area contributed by atoms with Crippen LogP contribution < -0.4 is 0 Å². The Morgan fingerprint density at radius 3 is 2.50 bits per heavy atom. The summed E-state index contributed by atoms with van der Waals surface area (Å²) >= 11 is 6.65. The van der Waals surface area contributed by atoms with Crippen LogP contribution in [0.25, 0.3) is 10.2 Å². The summed E-state index contributed by atoms with van der Waals surface area (Å²) in [5, 5.41) is 1.81. The number of carbonyl (C=O) groups is 3. The van der Waals surface area contributed by atoms with Crippen molar-refractivity contribution in [1.82, 2.24) is 9.97 Å². The Hall–Kier alpha value is -2.37. The number of aromatic nitrogens is 2. The Labute approximate surface area is 168 Å². The number of fused-ring (bicyclic) bond motifs is 1. The van der Waals surface area contributed by atoms with Crippen LogP contribution in [0.5, 0.6) is 0 Å². The highest BCUT2D eigenvalue weighted by molar-refractivity contribution is 7.71. The van der Waals surface area contributed by atoms with E-state index in [1.807, 2.05) is 5.38 Å². The number of nitrogens with one attached hydrogen (secondary N) is 1. The van der Waals surface area contributed by atoms with Crippen LogP contribution in [0.3, 0.4) is 0 Å². The maximum absolute atomic E-state index is 11.7. The maximum atomic E-state index is 11.7. The lowest BCUT2D eigenvalue weighted by atomic mass is 10.0. The quantitative estimate of drug-likeness (QED) is 0.436. The monoisotopic (exact) mass is 426 g/mol. The predicted octanol–water partition coefficient (Wildman–Crippen LogP) is 2.22. The number of rotatable bonds is 5. The van der Waals surface area contributed by atoms with Gasteiger partial charge in [0, 0.05) is 26.3 Å². The molecule has 0 spiro atoms. The van der Waals surface area contributed by atoms with Crippen LogP contribution in [-0.2, 0) is 33.3 Å². The normalized spacial score (nSPS) is 24.1. The minimum atomic E-state index is -0.945. The molecule has 1 aliphatic heterocycles. The Morgan fingerprint density at radius 1 is 1.18 bits per heavy atom. The third kappa shape index (κ3) is 4.21. The van der Waals surface area contributed by atoms with Crippen molar-refractivity contribution in [1.29, 1.82) is 0 Å². The molecule has 9 nitrogen and oxygen atoms in total. The van der Waals surface area contributed by atoms with E-state index >= 15 is 0 Å². The summed E-state index contributed by atoms with van der Waals surface area (Å²) in [6, 6.07) is 0. The number of aromatic amines is 1. The van der Waals surface area contributed by atoms with Crippen LogP contribution in [0, 0.1) is 4.64 Å². The molecule has 0 amide bonds. The summed E-state index contributed by atoms with van der Waals surface area (Å²) in [4.78, 5) is 41.7. The van der Waals surface area contributed by atoms with Crippen molar-refractivity contribution >= 4 is 51.7 Å². The summed E-state index contributed by atoms with van der Waals surface area (Å²) in [5.41, 5.74) is 1.25. The number of nitrogens with zero attached hydrogens (tertiary/aromatic N) is 1. The second-order valence-corrected chi connectivity index (χ2v) is 7.43. The molecule has 0 aliphatic carbocycles. The number of hydrogen-bond acceptors (Lipinski definition) is 10. The molecule has 0 saturated carbocycles. The highest BCUT2D eigenvalue weighted by Gasteiger charge is 2.51. The van der Waals surface area contributed by atoms with E-state index in [0.717, 1.165) is 4.70 Å². The van der Waals surface area contributed by atoms with E-state index in [4.69, 9.17) is 31.2 Å².